The summed E-state index contributed by atoms with van der Waals surface area (Å²) in [5, 5.41) is 4.41. The van der Waals surface area contributed by atoms with Crippen molar-refractivity contribution < 1.29 is 19.1 Å². The summed E-state index contributed by atoms with van der Waals surface area (Å²) in [5.41, 5.74) is 2.13. The molecule has 0 radical (unpaired) electrons. The number of hydrogen-bond donors (Lipinski definition) is 1. The molecule has 1 aliphatic rings. The fourth-order valence-electron chi connectivity index (χ4n) is 4.12. The minimum absolute atomic E-state index is 0.155. The van der Waals surface area contributed by atoms with E-state index in [1.54, 1.807) is 20.1 Å². The van der Waals surface area contributed by atoms with Crippen molar-refractivity contribution in [2.24, 2.45) is 0 Å². The number of carbonyl (C=O) groups is 3. The zero-order valence-corrected chi connectivity index (χ0v) is 18.3. The summed E-state index contributed by atoms with van der Waals surface area (Å²) in [7, 11) is 3.11. The number of nitrogens with zero attached hydrogens (tertiary/aromatic N) is 2. The summed E-state index contributed by atoms with van der Waals surface area (Å²) >= 11 is 0. The Bertz CT molecular complexity index is 1200. The van der Waals surface area contributed by atoms with E-state index in [1.165, 1.54) is 16.8 Å². The van der Waals surface area contributed by atoms with Gasteiger partial charge in [-0.25, -0.2) is 0 Å². The Morgan fingerprint density at radius 1 is 1.09 bits per heavy atom. The summed E-state index contributed by atoms with van der Waals surface area (Å²) in [4.78, 5) is 41.9. The number of likely N-dealkylation sites (N-methyl/N-ethyl adjacent to an activating group) is 1. The van der Waals surface area contributed by atoms with Gasteiger partial charge in [0.2, 0.25) is 11.8 Å². The molecule has 1 aliphatic heterocycles. The predicted molar refractivity (Wildman–Crippen MR) is 123 cm³/mol. The lowest BCUT2D eigenvalue weighted by Gasteiger charge is -2.30. The fourth-order valence-corrected chi connectivity index (χ4v) is 4.12. The zero-order valence-electron chi connectivity index (χ0n) is 18.3. The first kappa shape index (κ1) is 21.4. The number of methoxy groups -OCH3 is 1. The molecule has 0 unspecified atom stereocenters. The molecule has 3 amide bonds. The third kappa shape index (κ3) is 3.77. The SMILES string of the molecule is CNC(=O)[C@@H](C)N(Cc1cccc(OC)c1)C(=O)CN1C(=O)c2cccc3cccc1c23. The molecule has 0 saturated carbocycles. The lowest BCUT2D eigenvalue weighted by atomic mass is 10.1. The number of amides is 3. The Balaban J connectivity index is 1.64. The van der Waals surface area contributed by atoms with E-state index in [9.17, 15) is 14.4 Å². The second kappa shape index (κ2) is 8.70. The van der Waals surface area contributed by atoms with Gasteiger partial charge in [-0.05, 0) is 42.1 Å². The molecule has 0 saturated heterocycles. The maximum Gasteiger partial charge on any atom is 0.259 e. The summed E-state index contributed by atoms with van der Waals surface area (Å²) in [6.07, 6.45) is 0. The van der Waals surface area contributed by atoms with Crippen molar-refractivity contribution in [3.63, 3.8) is 0 Å². The smallest absolute Gasteiger partial charge is 0.259 e. The van der Waals surface area contributed by atoms with E-state index in [-0.39, 0.29) is 30.8 Å². The van der Waals surface area contributed by atoms with Gasteiger partial charge in [-0.15, -0.1) is 0 Å². The van der Waals surface area contributed by atoms with E-state index < -0.39 is 6.04 Å². The van der Waals surface area contributed by atoms with Gasteiger partial charge in [-0.1, -0.05) is 36.4 Å². The number of ether oxygens (including phenoxy) is 1. The van der Waals surface area contributed by atoms with Gasteiger partial charge in [0.15, 0.2) is 0 Å². The highest BCUT2D eigenvalue weighted by Crippen LogP contribution is 2.37. The van der Waals surface area contributed by atoms with Gasteiger partial charge in [0.25, 0.3) is 5.91 Å². The molecule has 1 atom stereocenters. The van der Waals surface area contributed by atoms with Crippen molar-refractivity contribution in [3.05, 3.63) is 71.8 Å². The van der Waals surface area contributed by atoms with E-state index in [1.807, 2.05) is 54.6 Å². The Labute approximate surface area is 186 Å². The maximum atomic E-state index is 13.5. The molecule has 0 fully saturated rings. The Kier molecular flexibility index (Phi) is 5.81. The van der Waals surface area contributed by atoms with Crippen LogP contribution in [0, 0.1) is 0 Å². The Morgan fingerprint density at radius 2 is 1.81 bits per heavy atom. The van der Waals surface area contributed by atoms with Gasteiger partial charge in [-0.2, -0.15) is 0 Å². The molecule has 0 aliphatic carbocycles. The van der Waals surface area contributed by atoms with Crippen LogP contribution in [0.25, 0.3) is 10.8 Å². The summed E-state index contributed by atoms with van der Waals surface area (Å²) < 4.78 is 5.28. The van der Waals surface area contributed by atoms with Crippen LogP contribution in [-0.4, -0.2) is 49.4 Å². The number of hydrogen-bond acceptors (Lipinski definition) is 4. The average Bonchev–Trinajstić information content (AvgIpc) is 3.09. The molecule has 4 rings (SSSR count). The van der Waals surface area contributed by atoms with Crippen molar-refractivity contribution in [2.45, 2.75) is 19.5 Å². The van der Waals surface area contributed by atoms with E-state index in [0.717, 1.165) is 16.3 Å². The van der Waals surface area contributed by atoms with Crippen LogP contribution in [0.3, 0.4) is 0 Å². The normalized spacial score (nSPS) is 13.2. The zero-order chi connectivity index (χ0) is 22.8. The van der Waals surface area contributed by atoms with Gasteiger partial charge in [0, 0.05) is 24.5 Å². The minimum atomic E-state index is -0.713. The molecule has 7 heteroatoms. The fraction of sp³-hybridized carbons (Fsp3) is 0.240. The van der Waals surface area contributed by atoms with Gasteiger partial charge in [0.1, 0.15) is 18.3 Å². The highest BCUT2D eigenvalue weighted by molar-refractivity contribution is 6.26. The van der Waals surface area contributed by atoms with E-state index in [0.29, 0.717) is 17.0 Å². The highest BCUT2D eigenvalue weighted by atomic mass is 16.5. The lowest BCUT2D eigenvalue weighted by molar-refractivity contribution is -0.139. The molecule has 0 aromatic heterocycles. The van der Waals surface area contributed by atoms with Crippen LogP contribution >= 0.6 is 0 Å². The van der Waals surface area contributed by atoms with Crippen molar-refractivity contribution >= 4 is 34.2 Å². The van der Waals surface area contributed by atoms with Gasteiger partial charge >= 0.3 is 0 Å². The van der Waals surface area contributed by atoms with E-state index >= 15 is 0 Å². The van der Waals surface area contributed by atoms with Gasteiger partial charge in [-0.3, -0.25) is 19.3 Å². The minimum Gasteiger partial charge on any atom is -0.497 e. The maximum absolute atomic E-state index is 13.5. The first-order chi connectivity index (χ1) is 15.4. The van der Waals surface area contributed by atoms with Crippen molar-refractivity contribution in [2.75, 3.05) is 25.6 Å². The van der Waals surface area contributed by atoms with Crippen LogP contribution < -0.4 is 15.0 Å². The Morgan fingerprint density at radius 3 is 2.53 bits per heavy atom. The molecule has 32 heavy (non-hydrogen) atoms. The molecule has 164 valence electrons. The van der Waals surface area contributed by atoms with Crippen molar-refractivity contribution in [1.82, 2.24) is 10.2 Å². The van der Waals surface area contributed by atoms with E-state index in [4.69, 9.17) is 4.74 Å². The topological polar surface area (TPSA) is 79.0 Å². The highest BCUT2D eigenvalue weighted by Gasteiger charge is 2.34. The number of nitrogens with one attached hydrogen (secondary N) is 1. The van der Waals surface area contributed by atoms with E-state index in [2.05, 4.69) is 5.32 Å². The van der Waals surface area contributed by atoms with Crippen LogP contribution in [0.1, 0.15) is 22.8 Å². The van der Waals surface area contributed by atoms with Crippen LogP contribution in [0.15, 0.2) is 60.7 Å². The summed E-state index contributed by atoms with van der Waals surface area (Å²) in [5.74, 6) is -0.139. The molecular formula is C25H25N3O4. The molecule has 0 spiro atoms. The molecule has 1 N–H and O–H groups in total. The molecule has 3 aromatic carbocycles. The number of anilines is 1. The van der Waals surface area contributed by atoms with Crippen LogP contribution in [0.2, 0.25) is 0 Å². The molecule has 3 aromatic rings. The quantitative estimate of drug-likeness (QED) is 0.624. The largest absolute Gasteiger partial charge is 0.497 e. The Hall–Kier alpha value is -3.87. The molecule has 1 heterocycles. The second-order valence-electron chi connectivity index (χ2n) is 7.74. The summed E-state index contributed by atoms with van der Waals surface area (Å²) in [6, 6.07) is 17.9. The summed E-state index contributed by atoms with van der Waals surface area (Å²) in [6.45, 7) is 1.74. The molecule has 0 bridgehead atoms. The first-order valence-corrected chi connectivity index (χ1v) is 10.4. The number of rotatable bonds is 7. The molecular weight excluding hydrogens is 406 g/mol. The van der Waals surface area contributed by atoms with Crippen LogP contribution in [0.4, 0.5) is 5.69 Å². The average molecular weight is 431 g/mol. The van der Waals surface area contributed by atoms with Crippen LogP contribution in [-0.2, 0) is 16.1 Å². The number of benzene rings is 3. The van der Waals surface area contributed by atoms with Gasteiger partial charge < -0.3 is 15.0 Å². The third-order valence-corrected chi connectivity index (χ3v) is 5.84. The van der Waals surface area contributed by atoms with Crippen LogP contribution in [0.5, 0.6) is 5.75 Å². The standard InChI is InChI=1S/C25H25N3O4/c1-16(24(30)26-2)27(14-17-7-4-10-19(13-17)32-3)22(29)15-28-21-12-6-9-18-8-5-11-20(23(18)21)25(28)31/h4-13,16H,14-15H2,1-3H3,(H,26,30)/t16-/m1/s1. The molecule has 7 nitrogen and oxygen atoms in total. The first-order valence-electron chi connectivity index (χ1n) is 10.4. The van der Waals surface area contributed by atoms with Gasteiger partial charge in [0.05, 0.1) is 12.8 Å². The monoisotopic (exact) mass is 431 g/mol. The second-order valence-corrected chi connectivity index (χ2v) is 7.74. The third-order valence-electron chi connectivity index (χ3n) is 5.84. The van der Waals surface area contributed by atoms with Crippen molar-refractivity contribution in [1.29, 1.82) is 0 Å². The number of carbonyl (C=O) groups excluding carboxylic acids is 3. The predicted octanol–water partition coefficient (Wildman–Crippen LogP) is 2.97. The van der Waals surface area contributed by atoms with Crippen molar-refractivity contribution in [3.8, 4) is 5.75 Å². The lowest BCUT2D eigenvalue weighted by Crippen LogP contribution is -2.50.